The molecule has 2 saturated heterocycles. The minimum absolute atomic E-state index is 0.00947. The fraction of sp³-hybridized carbons (Fsp3) is 0.533. The summed E-state index contributed by atoms with van der Waals surface area (Å²) in [6.45, 7) is 2.22. The molecule has 4 nitrogen and oxygen atoms in total. The van der Waals surface area contributed by atoms with Crippen LogP contribution in [-0.4, -0.2) is 32.6 Å². The van der Waals surface area contributed by atoms with Crippen LogP contribution in [0.2, 0.25) is 0 Å². The van der Waals surface area contributed by atoms with Crippen LogP contribution in [0.1, 0.15) is 18.4 Å². The summed E-state index contributed by atoms with van der Waals surface area (Å²) < 4.78 is 39.2. The first kappa shape index (κ1) is 14.2. The van der Waals surface area contributed by atoms with Gasteiger partial charge < -0.3 is 14.4 Å². The lowest BCUT2D eigenvalue weighted by Gasteiger charge is -2.36. The zero-order chi connectivity index (χ0) is 14.8. The van der Waals surface area contributed by atoms with Crippen LogP contribution in [0.3, 0.4) is 0 Å². The Kier molecular flexibility index (Phi) is 4.04. The van der Waals surface area contributed by atoms with Crippen LogP contribution in [0.25, 0.3) is 0 Å². The first-order valence-corrected chi connectivity index (χ1v) is 7.06. The van der Waals surface area contributed by atoms with Crippen LogP contribution in [-0.2, 0) is 9.47 Å². The molecule has 0 aromatic heterocycles. The summed E-state index contributed by atoms with van der Waals surface area (Å²) in [6, 6.07) is 3.90. The molecule has 0 unspecified atom stereocenters. The van der Waals surface area contributed by atoms with Crippen LogP contribution in [0.4, 0.5) is 14.5 Å². The third kappa shape index (κ3) is 2.85. The van der Waals surface area contributed by atoms with Crippen molar-refractivity contribution >= 4 is 5.69 Å². The number of nitrogens with zero attached hydrogens (tertiary/aromatic N) is 2. The van der Waals surface area contributed by atoms with E-state index in [1.165, 1.54) is 0 Å². The average Bonchev–Trinajstić information content (AvgIpc) is 3.01. The third-order valence-corrected chi connectivity index (χ3v) is 3.95. The van der Waals surface area contributed by atoms with Crippen molar-refractivity contribution in [3.63, 3.8) is 0 Å². The predicted molar refractivity (Wildman–Crippen MR) is 71.7 cm³/mol. The van der Waals surface area contributed by atoms with Crippen molar-refractivity contribution in [1.82, 2.24) is 0 Å². The number of ether oxygens (including phenoxy) is 2. The highest BCUT2D eigenvalue weighted by Crippen LogP contribution is 2.31. The highest BCUT2D eigenvalue weighted by molar-refractivity contribution is 5.53. The average molecular weight is 294 g/mol. The van der Waals surface area contributed by atoms with Gasteiger partial charge in [-0.15, -0.1) is 0 Å². The summed E-state index contributed by atoms with van der Waals surface area (Å²) in [5.41, 5.74) is -0.0681. The molecule has 1 atom stereocenters. The maximum absolute atomic E-state index is 14.1. The summed E-state index contributed by atoms with van der Waals surface area (Å²) in [5.74, 6) is -1.28. The number of benzene rings is 1. The van der Waals surface area contributed by atoms with Crippen molar-refractivity contribution < 1.29 is 18.3 Å². The van der Waals surface area contributed by atoms with Crippen LogP contribution >= 0.6 is 0 Å². The van der Waals surface area contributed by atoms with Gasteiger partial charge in [0.2, 0.25) is 0 Å². The Morgan fingerprint density at radius 3 is 2.48 bits per heavy atom. The standard InChI is InChI=1S/C15H16F2N2O2/c16-12-6-10(8-18)7-13(17)14(12)19-3-1-2-11(9-19)15-20-4-5-21-15/h6-7,11,15H,1-5,9H2/t11-/m0/s1. The van der Waals surface area contributed by atoms with E-state index in [0.717, 1.165) is 25.0 Å². The van der Waals surface area contributed by atoms with Gasteiger partial charge in [0.15, 0.2) is 17.9 Å². The van der Waals surface area contributed by atoms with Gasteiger partial charge in [-0.25, -0.2) is 8.78 Å². The predicted octanol–water partition coefficient (Wildman–Crippen LogP) is 2.43. The molecule has 112 valence electrons. The summed E-state index contributed by atoms with van der Waals surface area (Å²) in [6.07, 6.45) is 1.46. The van der Waals surface area contributed by atoms with E-state index in [0.29, 0.717) is 26.3 Å². The molecule has 0 aliphatic carbocycles. The number of halogens is 2. The normalized spacial score (nSPS) is 23.3. The lowest BCUT2D eigenvalue weighted by molar-refractivity contribution is -0.0859. The van der Waals surface area contributed by atoms with Crippen molar-refractivity contribution in [3.05, 3.63) is 29.3 Å². The molecule has 0 bridgehead atoms. The van der Waals surface area contributed by atoms with E-state index in [-0.39, 0.29) is 23.5 Å². The number of rotatable bonds is 2. The number of anilines is 1. The topological polar surface area (TPSA) is 45.5 Å². The maximum atomic E-state index is 14.1. The van der Waals surface area contributed by atoms with Crippen LogP contribution in [0, 0.1) is 28.9 Å². The molecule has 21 heavy (non-hydrogen) atoms. The number of hydrogen-bond donors (Lipinski definition) is 0. The van der Waals surface area contributed by atoms with Gasteiger partial charge in [0.1, 0.15) is 5.69 Å². The highest BCUT2D eigenvalue weighted by Gasteiger charge is 2.32. The van der Waals surface area contributed by atoms with Crippen molar-refractivity contribution in [2.45, 2.75) is 19.1 Å². The van der Waals surface area contributed by atoms with E-state index in [9.17, 15) is 8.78 Å². The number of hydrogen-bond acceptors (Lipinski definition) is 4. The summed E-state index contributed by atoms with van der Waals surface area (Å²) in [4.78, 5) is 1.69. The fourth-order valence-electron chi connectivity index (χ4n) is 3.02. The molecule has 0 radical (unpaired) electrons. The van der Waals surface area contributed by atoms with Crippen molar-refractivity contribution in [2.24, 2.45) is 5.92 Å². The zero-order valence-electron chi connectivity index (χ0n) is 11.5. The molecular formula is C15H16F2N2O2. The lowest BCUT2D eigenvalue weighted by atomic mass is 9.96. The minimum Gasteiger partial charge on any atom is -0.366 e. The van der Waals surface area contributed by atoms with Gasteiger partial charge in [0.05, 0.1) is 24.8 Å². The maximum Gasteiger partial charge on any atom is 0.162 e. The molecule has 6 heteroatoms. The van der Waals surface area contributed by atoms with Crippen molar-refractivity contribution in [3.8, 4) is 6.07 Å². The summed E-state index contributed by atoms with van der Waals surface area (Å²) in [5, 5.41) is 8.74. The second kappa shape index (κ2) is 5.96. The molecule has 3 rings (SSSR count). The van der Waals surface area contributed by atoms with Gasteiger partial charge in [-0.2, -0.15) is 5.26 Å². The van der Waals surface area contributed by atoms with E-state index in [1.807, 2.05) is 0 Å². The van der Waals surface area contributed by atoms with E-state index < -0.39 is 11.6 Å². The Bertz CT molecular complexity index is 544. The van der Waals surface area contributed by atoms with Crippen molar-refractivity contribution in [1.29, 1.82) is 5.26 Å². The van der Waals surface area contributed by atoms with Crippen LogP contribution < -0.4 is 4.90 Å². The number of piperidine rings is 1. The Labute approximate surface area is 121 Å². The molecule has 0 amide bonds. The minimum atomic E-state index is -0.694. The molecular weight excluding hydrogens is 278 g/mol. The van der Waals surface area contributed by atoms with E-state index >= 15 is 0 Å². The van der Waals surface area contributed by atoms with Crippen molar-refractivity contribution in [2.75, 3.05) is 31.2 Å². The van der Waals surface area contributed by atoms with E-state index in [1.54, 1.807) is 11.0 Å². The zero-order valence-corrected chi connectivity index (χ0v) is 11.5. The molecule has 2 aliphatic heterocycles. The van der Waals surface area contributed by atoms with Gasteiger partial charge in [0, 0.05) is 19.0 Å². The van der Waals surface area contributed by atoms with Gasteiger partial charge in [-0.05, 0) is 25.0 Å². The molecule has 0 spiro atoms. The highest BCUT2D eigenvalue weighted by atomic mass is 19.1. The Hall–Kier alpha value is -1.71. The molecule has 0 saturated carbocycles. The van der Waals surface area contributed by atoms with Gasteiger partial charge in [0.25, 0.3) is 0 Å². The Morgan fingerprint density at radius 1 is 1.19 bits per heavy atom. The largest absolute Gasteiger partial charge is 0.366 e. The molecule has 1 aromatic rings. The first-order chi connectivity index (χ1) is 10.2. The molecule has 2 aliphatic rings. The molecule has 2 heterocycles. The molecule has 2 fully saturated rings. The quantitative estimate of drug-likeness (QED) is 0.840. The summed E-state index contributed by atoms with van der Waals surface area (Å²) in [7, 11) is 0. The van der Waals surface area contributed by atoms with Crippen LogP contribution in [0.15, 0.2) is 12.1 Å². The van der Waals surface area contributed by atoms with Gasteiger partial charge >= 0.3 is 0 Å². The lowest BCUT2D eigenvalue weighted by Crippen LogP contribution is -2.41. The fourth-order valence-corrected chi connectivity index (χ4v) is 3.02. The Morgan fingerprint density at radius 2 is 1.86 bits per heavy atom. The molecule has 1 aromatic carbocycles. The van der Waals surface area contributed by atoms with E-state index in [2.05, 4.69) is 0 Å². The van der Waals surface area contributed by atoms with Gasteiger partial charge in [-0.1, -0.05) is 0 Å². The summed E-state index contributed by atoms with van der Waals surface area (Å²) >= 11 is 0. The Balaban J connectivity index is 1.81. The van der Waals surface area contributed by atoms with Gasteiger partial charge in [-0.3, -0.25) is 0 Å². The first-order valence-electron chi connectivity index (χ1n) is 7.06. The number of nitriles is 1. The molecule has 0 N–H and O–H groups in total. The van der Waals surface area contributed by atoms with E-state index in [4.69, 9.17) is 14.7 Å². The monoisotopic (exact) mass is 294 g/mol. The smallest absolute Gasteiger partial charge is 0.162 e. The second-order valence-corrected chi connectivity index (χ2v) is 5.36. The SMILES string of the molecule is N#Cc1cc(F)c(N2CCC[C@H](C3OCCO3)C2)c(F)c1. The third-order valence-electron chi connectivity index (χ3n) is 3.95. The van der Waals surface area contributed by atoms with Crippen LogP contribution in [0.5, 0.6) is 0 Å². The second-order valence-electron chi connectivity index (χ2n) is 5.36.